The highest BCUT2D eigenvalue weighted by molar-refractivity contribution is 6.08. The van der Waals surface area contributed by atoms with E-state index in [2.05, 4.69) is 69.6 Å². The first-order valence-corrected chi connectivity index (χ1v) is 14.2. The molecule has 3 N–H and O–H groups in total. The average Bonchev–Trinajstić information content (AvgIpc) is 3.48. The SMILES string of the molecule is O=C1Nc2ccccc2[C@]12C[C@H]2C1CCC2C(/C=C/c3ccc(CCN4CCCOC4)cc3)NNC2C1. The molecule has 6 atom stereocenters. The van der Waals surface area contributed by atoms with Crippen molar-refractivity contribution in [2.24, 2.45) is 17.8 Å². The van der Waals surface area contributed by atoms with Crippen molar-refractivity contribution in [2.75, 3.05) is 31.7 Å². The molecule has 0 aromatic heterocycles. The van der Waals surface area contributed by atoms with E-state index in [1.54, 1.807) is 0 Å². The molecule has 4 unspecified atom stereocenters. The summed E-state index contributed by atoms with van der Waals surface area (Å²) in [6.07, 6.45) is 11.4. The molecule has 0 bridgehead atoms. The molecule has 1 spiro atoms. The zero-order valence-electron chi connectivity index (χ0n) is 21.5. The van der Waals surface area contributed by atoms with Crippen molar-refractivity contribution in [3.05, 3.63) is 71.3 Å². The Bertz CT molecular complexity index is 1170. The number of ether oxygens (including phenoxy) is 1. The molecule has 2 saturated heterocycles. The van der Waals surface area contributed by atoms with Crippen molar-refractivity contribution >= 4 is 17.7 Å². The van der Waals surface area contributed by atoms with Gasteiger partial charge in [-0.2, -0.15) is 0 Å². The molecule has 2 saturated carbocycles. The molecule has 5 aliphatic rings. The maximum Gasteiger partial charge on any atom is 0.235 e. The lowest BCUT2D eigenvalue weighted by molar-refractivity contribution is -0.118. The van der Waals surface area contributed by atoms with Crippen molar-refractivity contribution in [3.8, 4) is 0 Å². The molecule has 7 rings (SSSR count). The maximum atomic E-state index is 12.9. The summed E-state index contributed by atoms with van der Waals surface area (Å²) in [6.45, 7) is 3.89. The van der Waals surface area contributed by atoms with E-state index in [1.807, 2.05) is 12.1 Å². The number of hydrogen-bond donors (Lipinski definition) is 3. The van der Waals surface area contributed by atoms with Crippen LogP contribution in [0.15, 0.2) is 54.6 Å². The highest BCUT2D eigenvalue weighted by atomic mass is 16.5. The van der Waals surface area contributed by atoms with Gasteiger partial charge in [0.2, 0.25) is 5.91 Å². The second-order valence-corrected chi connectivity index (χ2v) is 11.8. The fourth-order valence-corrected chi connectivity index (χ4v) is 7.58. The maximum absolute atomic E-state index is 12.9. The standard InChI is InChI=1S/C31H38N4O2/c36-30-31(25-4-1-2-5-28(25)32-30)19-26(31)23-11-12-24-27(33-34-29(24)18-23)13-10-21-6-8-22(9-7-21)14-16-35-15-3-17-37-20-35/h1-2,4-10,13,23-24,26-27,29,33-34H,3,11-12,14-20H2,(H,32,36)/b13-10+/t23?,24?,26-,27?,29?,31-/m0/s1. The number of anilines is 1. The van der Waals surface area contributed by atoms with Crippen LogP contribution in [-0.4, -0.2) is 49.3 Å². The van der Waals surface area contributed by atoms with Crippen LogP contribution in [-0.2, 0) is 21.4 Å². The van der Waals surface area contributed by atoms with Gasteiger partial charge in [-0.05, 0) is 79.0 Å². The summed E-state index contributed by atoms with van der Waals surface area (Å²) in [5.41, 5.74) is 11.8. The van der Waals surface area contributed by atoms with E-state index in [4.69, 9.17) is 4.74 Å². The Balaban J connectivity index is 0.935. The summed E-state index contributed by atoms with van der Waals surface area (Å²) in [7, 11) is 0. The number of carbonyl (C=O) groups is 1. The first-order chi connectivity index (χ1) is 18.2. The molecule has 1 amide bonds. The van der Waals surface area contributed by atoms with Crippen molar-refractivity contribution in [1.82, 2.24) is 15.8 Å². The van der Waals surface area contributed by atoms with Gasteiger partial charge in [0.05, 0.1) is 12.1 Å². The molecule has 2 aromatic carbocycles. The van der Waals surface area contributed by atoms with Crippen LogP contribution in [0.5, 0.6) is 0 Å². The van der Waals surface area contributed by atoms with E-state index in [-0.39, 0.29) is 11.3 Å². The number of hydrazine groups is 1. The van der Waals surface area contributed by atoms with Crippen LogP contribution in [0.25, 0.3) is 6.08 Å². The highest BCUT2D eigenvalue weighted by Crippen LogP contribution is 2.64. The third kappa shape index (κ3) is 4.34. The average molecular weight is 499 g/mol. The monoisotopic (exact) mass is 498 g/mol. The van der Waals surface area contributed by atoms with Gasteiger partial charge in [-0.15, -0.1) is 0 Å². The number of nitrogens with zero attached hydrogens (tertiary/aromatic N) is 1. The fraction of sp³-hybridized carbons (Fsp3) is 0.516. The van der Waals surface area contributed by atoms with Gasteiger partial charge in [-0.25, -0.2) is 0 Å². The quantitative estimate of drug-likeness (QED) is 0.560. The van der Waals surface area contributed by atoms with Crippen molar-refractivity contribution in [1.29, 1.82) is 0 Å². The molecular formula is C31H38N4O2. The van der Waals surface area contributed by atoms with Crippen LogP contribution in [0.3, 0.4) is 0 Å². The first kappa shape index (κ1) is 23.6. The summed E-state index contributed by atoms with van der Waals surface area (Å²) in [6, 6.07) is 18.1. The lowest BCUT2D eigenvalue weighted by atomic mass is 9.73. The van der Waals surface area contributed by atoms with Gasteiger partial charge in [0, 0.05) is 37.5 Å². The van der Waals surface area contributed by atoms with E-state index in [9.17, 15) is 4.79 Å². The molecule has 6 heteroatoms. The predicted molar refractivity (Wildman–Crippen MR) is 146 cm³/mol. The number of amides is 1. The van der Waals surface area contributed by atoms with Gasteiger partial charge in [-0.3, -0.25) is 20.5 Å². The number of para-hydroxylation sites is 1. The Morgan fingerprint density at radius 2 is 1.97 bits per heavy atom. The molecule has 2 aliphatic carbocycles. The van der Waals surface area contributed by atoms with E-state index < -0.39 is 0 Å². The molecule has 6 nitrogen and oxygen atoms in total. The van der Waals surface area contributed by atoms with Gasteiger partial charge >= 0.3 is 0 Å². The Hall–Kier alpha value is -2.51. The Morgan fingerprint density at radius 3 is 2.84 bits per heavy atom. The minimum absolute atomic E-state index is 0.227. The second kappa shape index (κ2) is 9.66. The Morgan fingerprint density at radius 1 is 1.08 bits per heavy atom. The number of benzene rings is 2. The fourth-order valence-electron chi connectivity index (χ4n) is 7.58. The molecule has 4 fully saturated rings. The van der Waals surface area contributed by atoms with Crippen LogP contribution in [0.1, 0.15) is 48.8 Å². The van der Waals surface area contributed by atoms with Crippen molar-refractivity contribution in [2.45, 2.75) is 56.0 Å². The minimum Gasteiger partial charge on any atom is -0.366 e. The van der Waals surface area contributed by atoms with E-state index in [0.29, 0.717) is 29.8 Å². The summed E-state index contributed by atoms with van der Waals surface area (Å²) in [5, 5.41) is 3.15. The lowest BCUT2D eigenvalue weighted by Crippen LogP contribution is -2.37. The number of carbonyl (C=O) groups excluding carboxylic acids is 1. The number of nitrogens with one attached hydrogen (secondary N) is 3. The molecular weight excluding hydrogens is 460 g/mol. The van der Waals surface area contributed by atoms with Crippen LogP contribution in [0.4, 0.5) is 5.69 Å². The van der Waals surface area contributed by atoms with Crippen molar-refractivity contribution < 1.29 is 9.53 Å². The molecule has 3 aliphatic heterocycles. The summed E-state index contributed by atoms with van der Waals surface area (Å²) >= 11 is 0. The molecule has 194 valence electrons. The minimum atomic E-state index is -0.257. The topological polar surface area (TPSA) is 65.6 Å². The van der Waals surface area contributed by atoms with Gasteiger partial charge in [-0.1, -0.05) is 54.6 Å². The number of hydrogen-bond acceptors (Lipinski definition) is 5. The van der Waals surface area contributed by atoms with Crippen LogP contribution in [0.2, 0.25) is 0 Å². The van der Waals surface area contributed by atoms with E-state index in [0.717, 1.165) is 57.8 Å². The van der Waals surface area contributed by atoms with Crippen molar-refractivity contribution in [3.63, 3.8) is 0 Å². The first-order valence-electron chi connectivity index (χ1n) is 14.2. The molecule has 37 heavy (non-hydrogen) atoms. The Labute approximate surface area is 219 Å². The van der Waals surface area contributed by atoms with E-state index in [1.165, 1.54) is 29.5 Å². The smallest absolute Gasteiger partial charge is 0.235 e. The highest BCUT2D eigenvalue weighted by Gasteiger charge is 2.67. The predicted octanol–water partition coefficient (Wildman–Crippen LogP) is 4.09. The zero-order chi connectivity index (χ0) is 24.8. The van der Waals surface area contributed by atoms with E-state index >= 15 is 0 Å². The lowest BCUT2D eigenvalue weighted by Gasteiger charge is -2.33. The molecule has 2 aromatic rings. The second-order valence-electron chi connectivity index (χ2n) is 11.8. The third-order valence-electron chi connectivity index (χ3n) is 9.72. The normalized spacial score (nSPS) is 35.0. The van der Waals surface area contributed by atoms with Gasteiger partial charge < -0.3 is 10.1 Å². The Kier molecular flexibility index (Phi) is 6.16. The van der Waals surface area contributed by atoms with Gasteiger partial charge in [0.1, 0.15) is 0 Å². The molecule has 3 heterocycles. The number of fused-ring (bicyclic) bond motifs is 3. The van der Waals surface area contributed by atoms with Gasteiger partial charge in [0.15, 0.2) is 0 Å². The van der Waals surface area contributed by atoms with Crippen LogP contribution >= 0.6 is 0 Å². The zero-order valence-corrected chi connectivity index (χ0v) is 21.5. The summed E-state index contributed by atoms with van der Waals surface area (Å²) in [4.78, 5) is 15.3. The van der Waals surface area contributed by atoms with Gasteiger partial charge in [0.25, 0.3) is 0 Å². The van der Waals surface area contributed by atoms with Crippen LogP contribution < -0.4 is 16.2 Å². The van der Waals surface area contributed by atoms with Crippen LogP contribution in [0, 0.1) is 17.8 Å². The molecule has 0 radical (unpaired) electrons. The largest absolute Gasteiger partial charge is 0.366 e. The number of rotatable bonds is 6. The summed E-state index contributed by atoms with van der Waals surface area (Å²) < 4.78 is 5.56. The third-order valence-corrected chi connectivity index (χ3v) is 9.72. The summed E-state index contributed by atoms with van der Waals surface area (Å²) in [5.74, 6) is 1.93.